The van der Waals surface area contributed by atoms with Crippen molar-refractivity contribution in [3.8, 4) is 33.4 Å². The van der Waals surface area contributed by atoms with Crippen molar-refractivity contribution >= 4 is 99.6 Å². The molecule has 2 heterocycles. The van der Waals surface area contributed by atoms with Gasteiger partial charge in [-0.2, -0.15) is 0 Å². The molecular formula is C77H56N2O4. The molecule has 1 atom stereocenters. The molecule has 0 radical (unpaired) electrons. The van der Waals surface area contributed by atoms with Crippen molar-refractivity contribution in [3.05, 3.63) is 270 Å². The van der Waals surface area contributed by atoms with Crippen LogP contribution >= 0.6 is 0 Å². The Labute approximate surface area is 480 Å². The molecule has 0 aliphatic heterocycles. The highest BCUT2D eigenvalue weighted by atomic mass is 16.3. The predicted molar refractivity (Wildman–Crippen MR) is 341 cm³/mol. The number of fused-ring (bicyclic) bond motifs is 17. The summed E-state index contributed by atoms with van der Waals surface area (Å²) in [4.78, 5) is 21.5. The third-order valence-electron chi connectivity index (χ3n) is 17.9. The lowest BCUT2D eigenvalue weighted by atomic mass is 9.74. The van der Waals surface area contributed by atoms with Gasteiger partial charge >= 0.3 is 0 Å². The van der Waals surface area contributed by atoms with Gasteiger partial charge in [0.2, 0.25) is 11.5 Å². The van der Waals surface area contributed by atoms with Crippen LogP contribution in [0.25, 0.3) is 98.8 Å². The number of Topliss-reactive ketones (excluding diaryl/α,β-unsaturated/α-hetero) is 1. The molecule has 0 spiro atoms. The van der Waals surface area contributed by atoms with Crippen LogP contribution in [0.2, 0.25) is 0 Å². The second kappa shape index (κ2) is 17.7. The van der Waals surface area contributed by atoms with Gasteiger partial charge < -0.3 is 23.7 Å². The maximum absolute atomic E-state index is 17.4. The Morgan fingerprint density at radius 2 is 1.05 bits per heavy atom. The Balaban J connectivity index is 1.07. The molecule has 16 rings (SSSR count). The maximum atomic E-state index is 17.4. The van der Waals surface area contributed by atoms with Crippen LogP contribution in [0.3, 0.4) is 0 Å². The summed E-state index contributed by atoms with van der Waals surface area (Å²) in [5, 5.41) is 22.4. The molecule has 0 bridgehead atoms. The molecule has 14 aromatic rings. The van der Waals surface area contributed by atoms with Crippen LogP contribution in [0.15, 0.2) is 251 Å². The lowest BCUT2D eigenvalue weighted by molar-refractivity contribution is 0.0328. The van der Waals surface area contributed by atoms with Crippen LogP contribution in [0.5, 0.6) is 0 Å². The Kier molecular flexibility index (Phi) is 10.4. The minimum absolute atomic E-state index is 0.165. The summed E-state index contributed by atoms with van der Waals surface area (Å²) in [6.45, 7) is 11.2. The van der Waals surface area contributed by atoms with Crippen molar-refractivity contribution in [3.63, 3.8) is 0 Å². The SMILES string of the molecule is CC(C)(C)c1ccc2c(c1)oc1c3c(ccc12)C(O)(N(c1ccc2c(c1)-c1ccccc1C2(C)C)c1cc2ccccc2c2ccccc12)C(=O)c1cc(-c2ccccc2)c2oc4c(N(c5ccccc5)c5ccccc5)cccc4c2c1-3. The fraction of sp³-hybridized carbons (Fsp3) is 0.104. The zero-order valence-electron chi connectivity index (χ0n) is 46.7. The average Bonchev–Trinajstić information content (AvgIpc) is 1.89. The fourth-order valence-electron chi connectivity index (χ4n) is 13.9. The summed E-state index contributed by atoms with van der Waals surface area (Å²) < 4.78 is 14.9. The number of anilines is 5. The minimum atomic E-state index is -2.40. The molecular weight excluding hydrogens is 1020 g/mol. The minimum Gasteiger partial charge on any atom is -0.455 e. The van der Waals surface area contributed by atoms with Gasteiger partial charge in [0.15, 0.2) is 5.58 Å². The number of rotatable bonds is 7. The van der Waals surface area contributed by atoms with Gasteiger partial charge in [0.25, 0.3) is 0 Å². The molecule has 83 heavy (non-hydrogen) atoms. The number of carbonyl (C=O) groups is 1. The normalized spacial score (nSPS) is 15.3. The molecule has 0 fully saturated rings. The van der Waals surface area contributed by atoms with E-state index in [0.717, 1.165) is 93.6 Å². The summed E-state index contributed by atoms with van der Waals surface area (Å²) in [5.41, 5.74) is 13.1. The van der Waals surface area contributed by atoms with Crippen LogP contribution < -0.4 is 9.80 Å². The first-order valence-corrected chi connectivity index (χ1v) is 28.6. The highest BCUT2D eigenvalue weighted by Gasteiger charge is 2.53. The second-order valence-electron chi connectivity index (χ2n) is 24.0. The number of para-hydroxylation sites is 3. The standard InChI is InChI=1S/C77H56N2O4/c1-75(2,3)48-36-38-56-57-39-41-64-70(72(57)82-67(56)43-48)68-61(45-59(46-22-9-6-10-23-46)73-69(68)58-33-21-35-65(71(58)83-73)78(49-25-11-7-12-26-49)50-27-13-8-14-28-50)74(80)77(64,81)79(66-42-47-24-15-16-29-52(47)53-30-17-18-32-55(53)66)51-37-40-63-60(44-51)54-31-19-20-34-62(54)76(63,4)5/h6-45,81H,1-5H3. The molecule has 1 N–H and O–H groups in total. The Bertz CT molecular complexity index is 4990. The van der Waals surface area contributed by atoms with E-state index in [0.29, 0.717) is 50.4 Å². The summed E-state index contributed by atoms with van der Waals surface area (Å²) in [6.07, 6.45) is 0. The van der Waals surface area contributed by atoms with E-state index in [1.165, 1.54) is 11.1 Å². The highest BCUT2D eigenvalue weighted by Crippen LogP contribution is 2.59. The summed E-state index contributed by atoms with van der Waals surface area (Å²) in [7, 11) is 0. The van der Waals surface area contributed by atoms with Crippen molar-refractivity contribution < 1.29 is 18.7 Å². The molecule has 2 aliphatic rings. The molecule has 2 aliphatic carbocycles. The zero-order valence-corrected chi connectivity index (χ0v) is 46.7. The molecule has 0 saturated heterocycles. The van der Waals surface area contributed by atoms with E-state index in [-0.39, 0.29) is 10.8 Å². The second-order valence-corrected chi connectivity index (χ2v) is 24.0. The molecule has 0 amide bonds. The lowest BCUT2D eigenvalue weighted by Gasteiger charge is -2.44. The van der Waals surface area contributed by atoms with E-state index < -0.39 is 11.5 Å². The van der Waals surface area contributed by atoms with Crippen LogP contribution in [0.4, 0.5) is 28.4 Å². The quantitative estimate of drug-likeness (QED) is 0.127. The van der Waals surface area contributed by atoms with Crippen LogP contribution in [-0.2, 0) is 16.6 Å². The first kappa shape index (κ1) is 48.9. The number of hydrogen-bond donors (Lipinski definition) is 1. The van der Waals surface area contributed by atoms with Gasteiger partial charge in [-0.25, -0.2) is 0 Å². The summed E-state index contributed by atoms with van der Waals surface area (Å²) >= 11 is 0. The third-order valence-corrected chi connectivity index (χ3v) is 17.9. The average molecular weight is 1070 g/mol. The Hall–Kier alpha value is -10.0. The molecule has 6 nitrogen and oxygen atoms in total. The number of furan rings is 2. The maximum Gasteiger partial charge on any atom is 0.235 e. The predicted octanol–water partition coefficient (Wildman–Crippen LogP) is 20.4. The number of nitrogens with zero attached hydrogens (tertiary/aromatic N) is 2. The highest BCUT2D eigenvalue weighted by molar-refractivity contribution is 6.30. The molecule has 6 heteroatoms. The van der Waals surface area contributed by atoms with Gasteiger partial charge in [0.05, 0.1) is 11.4 Å². The fourth-order valence-corrected chi connectivity index (χ4v) is 13.9. The van der Waals surface area contributed by atoms with Gasteiger partial charge in [0, 0.05) is 77.2 Å². The van der Waals surface area contributed by atoms with E-state index in [2.05, 4.69) is 197 Å². The van der Waals surface area contributed by atoms with Crippen molar-refractivity contribution in [2.75, 3.05) is 9.80 Å². The topological polar surface area (TPSA) is 70.1 Å². The zero-order chi connectivity index (χ0) is 56.1. The summed E-state index contributed by atoms with van der Waals surface area (Å²) in [6, 6.07) is 83.5. The van der Waals surface area contributed by atoms with Gasteiger partial charge in [0.1, 0.15) is 16.7 Å². The number of carbonyl (C=O) groups excluding carboxylic acids is 1. The van der Waals surface area contributed by atoms with Crippen molar-refractivity contribution in [1.82, 2.24) is 0 Å². The Morgan fingerprint density at radius 1 is 0.422 bits per heavy atom. The smallest absolute Gasteiger partial charge is 0.235 e. The monoisotopic (exact) mass is 1070 g/mol. The van der Waals surface area contributed by atoms with E-state index in [1.807, 2.05) is 89.8 Å². The van der Waals surface area contributed by atoms with Crippen LogP contribution in [-0.4, -0.2) is 10.9 Å². The molecule has 0 saturated carbocycles. The van der Waals surface area contributed by atoms with Crippen molar-refractivity contribution in [2.24, 2.45) is 0 Å². The van der Waals surface area contributed by atoms with E-state index >= 15 is 9.90 Å². The lowest BCUT2D eigenvalue weighted by Crippen LogP contribution is -2.52. The number of hydrogen-bond acceptors (Lipinski definition) is 6. The molecule has 12 aromatic carbocycles. The Morgan fingerprint density at radius 3 is 1.80 bits per heavy atom. The first-order valence-electron chi connectivity index (χ1n) is 28.6. The third kappa shape index (κ3) is 7.03. The van der Waals surface area contributed by atoms with Gasteiger partial charge in [-0.15, -0.1) is 0 Å². The van der Waals surface area contributed by atoms with Gasteiger partial charge in [-0.1, -0.05) is 211 Å². The number of aliphatic hydroxyl groups is 1. The number of benzene rings is 12. The van der Waals surface area contributed by atoms with Gasteiger partial charge in [-0.3, -0.25) is 4.79 Å². The van der Waals surface area contributed by atoms with Gasteiger partial charge in [-0.05, 0) is 122 Å². The molecule has 1 unspecified atom stereocenters. The van der Waals surface area contributed by atoms with Crippen molar-refractivity contribution in [2.45, 2.75) is 51.2 Å². The van der Waals surface area contributed by atoms with Crippen molar-refractivity contribution in [1.29, 1.82) is 0 Å². The first-order chi connectivity index (χ1) is 40.4. The van der Waals surface area contributed by atoms with E-state index in [1.54, 1.807) is 0 Å². The van der Waals surface area contributed by atoms with Crippen LogP contribution in [0, 0.1) is 0 Å². The molecule has 398 valence electrons. The van der Waals surface area contributed by atoms with Crippen LogP contribution in [0.1, 0.15) is 67.2 Å². The van der Waals surface area contributed by atoms with E-state index in [9.17, 15) is 0 Å². The summed E-state index contributed by atoms with van der Waals surface area (Å²) in [5.74, 6) is -0.483. The molecule has 2 aromatic heterocycles. The number of ketones is 1. The van der Waals surface area contributed by atoms with E-state index in [4.69, 9.17) is 8.83 Å². The largest absolute Gasteiger partial charge is 0.455 e.